The molecule has 0 amide bonds. The summed E-state index contributed by atoms with van der Waals surface area (Å²) in [4.78, 5) is 10.1. The van der Waals surface area contributed by atoms with Crippen molar-refractivity contribution in [2.75, 3.05) is 18.5 Å². The first-order chi connectivity index (χ1) is 10.8. The standard InChI is InChI=1S/C14H19NO.C5H8O2/c1-5-16-11-6-7-13-12(8-11)10(2)9-14(3,4)15-13;1-3-5(6)7-4-2/h6-9,15H,5H2,1-4H3;3H,1,4H2,2H3. The van der Waals surface area contributed by atoms with Crippen molar-refractivity contribution in [2.45, 2.75) is 40.2 Å². The van der Waals surface area contributed by atoms with Crippen molar-refractivity contribution in [3.63, 3.8) is 0 Å². The zero-order valence-corrected chi connectivity index (χ0v) is 14.7. The van der Waals surface area contributed by atoms with Crippen LogP contribution in [0, 0.1) is 0 Å². The van der Waals surface area contributed by atoms with E-state index in [-0.39, 0.29) is 11.5 Å². The Morgan fingerprint density at radius 2 is 2.00 bits per heavy atom. The molecule has 0 aliphatic carbocycles. The second-order valence-corrected chi connectivity index (χ2v) is 5.77. The molecular formula is C19H27NO3. The average molecular weight is 317 g/mol. The van der Waals surface area contributed by atoms with Gasteiger partial charge >= 0.3 is 5.97 Å². The third-order valence-corrected chi connectivity index (χ3v) is 3.21. The predicted molar refractivity (Wildman–Crippen MR) is 95.8 cm³/mol. The Kier molecular flexibility index (Phi) is 6.89. The van der Waals surface area contributed by atoms with E-state index in [0.717, 1.165) is 11.8 Å². The Morgan fingerprint density at radius 1 is 1.30 bits per heavy atom. The minimum Gasteiger partial charge on any atom is -0.494 e. The van der Waals surface area contributed by atoms with E-state index >= 15 is 0 Å². The van der Waals surface area contributed by atoms with Gasteiger partial charge in [-0.25, -0.2) is 4.79 Å². The Labute approximate surface area is 139 Å². The van der Waals surface area contributed by atoms with Crippen LogP contribution in [-0.2, 0) is 9.53 Å². The summed E-state index contributed by atoms with van der Waals surface area (Å²) >= 11 is 0. The lowest BCUT2D eigenvalue weighted by Gasteiger charge is -2.31. The minimum absolute atomic E-state index is 0.0320. The van der Waals surface area contributed by atoms with E-state index in [0.29, 0.717) is 13.2 Å². The number of nitrogens with one attached hydrogen (secondary N) is 1. The van der Waals surface area contributed by atoms with Crippen molar-refractivity contribution < 1.29 is 14.3 Å². The maximum atomic E-state index is 10.1. The van der Waals surface area contributed by atoms with Crippen molar-refractivity contribution in [3.05, 3.63) is 42.5 Å². The van der Waals surface area contributed by atoms with Crippen LogP contribution in [0.3, 0.4) is 0 Å². The molecule has 1 aromatic carbocycles. The highest BCUT2D eigenvalue weighted by Crippen LogP contribution is 2.35. The van der Waals surface area contributed by atoms with Gasteiger partial charge in [-0.2, -0.15) is 0 Å². The van der Waals surface area contributed by atoms with Gasteiger partial charge in [-0.15, -0.1) is 0 Å². The van der Waals surface area contributed by atoms with E-state index < -0.39 is 0 Å². The third-order valence-electron chi connectivity index (χ3n) is 3.21. The van der Waals surface area contributed by atoms with E-state index in [4.69, 9.17) is 4.74 Å². The van der Waals surface area contributed by atoms with Gasteiger partial charge in [-0.3, -0.25) is 0 Å². The maximum Gasteiger partial charge on any atom is 0.330 e. The first-order valence-electron chi connectivity index (χ1n) is 7.87. The molecule has 0 saturated heterocycles. The average Bonchev–Trinajstić information content (AvgIpc) is 2.48. The summed E-state index contributed by atoms with van der Waals surface area (Å²) in [6, 6.07) is 6.22. The molecule has 4 heteroatoms. The summed E-state index contributed by atoms with van der Waals surface area (Å²) in [6.45, 7) is 14.6. The van der Waals surface area contributed by atoms with Crippen LogP contribution in [0.25, 0.3) is 5.57 Å². The number of allylic oxidation sites excluding steroid dienone is 1. The van der Waals surface area contributed by atoms with Crippen molar-refractivity contribution in [3.8, 4) is 5.75 Å². The van der Waals surface area contributed by atoms with Crippen LogP contribution >= 0.6 is 0 Å². The SMILES string of the molecule is C=CC(=O)OCC.CCOc1ccc2c(c1)C(C)=CC(C)(C)N2. The normalized spacial score (nSPS) is 14.2. The molecule has 0 fully saturated rings. The maximum absolute atomic E-state index is 10.1. The summed E-state index contributed by atoms with van der Waals surface area (Å²) < 4.78 is 9.95. The molecule has 126 valence electrons. The van der Waals surface area contributed by atoms with Crippen LogP contribution in [0.4, 0.5) is 5.69 Å². The molecule has 0 atom stereocenters. The molecule has 0 unspecified atom stereocenters. The molecule has 0 bridgehead atoms. The van der Waals surface area contributed by atoms with Crippen molar-refractivity contribution >= 4 is 17.2 Å². The minimum atomic E-state index is -0.359. The van der Waals surface area contributed by atoms with Gasteiger partial charge in [0.05, 0.1) is 18.8 Å². The molecule has 1 aromatic rings. The van der Waals surface area contributed by atoms with E-state index in [1.807, 2.05) is 13.0 Å². The lowest BCUT2D eigenvalue weighted by molar-refractivity contribution is -0.137. The number of carbonyl (C=O) groups excluding carboxylic acids is 1. The summed E-state index contributed by atoms with van der Waals surface area (Å²) in [5, 5.41) is 3.50. The van der Waals surface area contributed by atoms with Crippen molar-refractivity contribution in [1.29, 1.82) is 0 Å². The largest absolute Gasteiger partial charge is 0.494 e. The van der Waals surface area contributed by atoms with Crippen molar-refractivity contribution in [2.24, 2.45) is 0 Å². The van der Waals surface area contributed by atoms with Crippen molar-refractivity contribution in [1.82, 2.24) is 0 Å². The summed E-state index contributed by atoms with van der Waals surface area (Å²) in [5.74, 6) is 0.581. The highest BCUT2D eigenvalue weighted by Gasteiger charge is 2.22. The molecule has 1 aliphatic heterocycles. The van der Waals surface area contributed by atoms with Crippen LogP contribution < -0.4 is 10.1 Å². The number of esters is 1. The van der Waals surface area contributed by atoms with Gasteiger partial charge in [0, 0.05) is 17.3 Å². The van der Waals surface area contributed by atoms with Gasteiger partial charge < -0.3 is 14.8 Å². The van der Waals surface area contributed by atoms with E-state index in [9.17, 15) is 4.79 Å². The molecule has 2 rings (SSSR count). The number of carbonyl (C=O) groups is 1. The van der Waals surface area contributed by atoms with Crippen LogP contribution in [-0.4, -0.2) is 24.7 Å². The Balaban J connectivity index is 0.000000322. The zero-order valence-electron chi connectivity index (χ0n) is 14.7. The van der Waals surface area contributed by atoms with Crippen LogP contribution in [0.5, 0.6) is 5.75 Å². The molecule has 1 aliphatic rings. The van der Waals surface area contributed by atoms with Crippen LogP contribution in [0.1, 0.15) is 40.2 Å². The summed E-state index contributed by atoms with van der Waals surface area (Å²) in [7, 11) is 0. The number of anilines is 1. The van der Waals surface area contributed by atoms with Gasteiger partial charge in [-0.05, 0) is 58.4 Å². The first kappa shape index (κ1) is 18.8. The second-order valence-electron chi connectivity index (χ2n) is 5.77. The fourth-order valence-electron chi connectivity index (χ4n) is 2.42. The first-order valence-corrected chi connectivity index (χ1v) is 7.87. The molecule has 0 saturated carbocycles. The Morgan fingerprint density at radius 3 is 2.52 bits per heavy atom. The molecule has 0 spiro atoms. The monoisotopic (exact) mass is 317 g/mol. The number of rotatable bonds is 4. The summed E-state index contributed by atoms with van der Waals surface area (Å²) in [5.41, 5.74) is 3.77. The molecule has 4 nitrogen and oxygen atoms in total. The van der Waals surface area contributed by atoms with E-state index in [2.05, 4.69) is 55.6 Å². The van der Waals surface area contributed by atoms with Crippen LogP contribution in [0.15, 0.2) is 36.9 Å². The fourth-order valence-corrected chi connectivity index (χ4v) is 2.42. The highest BCUT2D eigenvalue weighted by molar-refractivity contribution is 5.81. The van der Waals surface area contributed by atoms with Crippen LogP contribution in [0.2, 0.25) is 0 Å². The van der Waals surface area contributed by atoms with E-state index in [1.165, 1.54) is 16.8 Å². The quantitative estimate of drug-likeness (QED) is 0.659. The molecule has 23 heavy (non-hydrogen) atoms. The topological polar surface area (TPSA) is 47.6 Å². The molecule has 1 heterocycles. The van der Waals surface area contributed by atoms with Gasteiger partial charge in [0.15, 0.2) is 0 Å². The van der Waals surface area contributed by atoms with Gasteiger partial charge in [0.1, 0.15) is 5.75 Å². The lowest BCUT2D eigenvalue weighted by Crippen LogP contribution is -2.31. The Bertz CT molecular complexity index is 588. The fraction of sp³-hybridized carbons (Fsp3) is 0.421. The molecule has 1 N–H and O–H groups in total. The predicted octanol–water partition coefficient (Wildman–Crippen LogP) is 4.43. The van der Waals surface area contributed by atoms with Gasteiger partial charge in [0.25, 0.3) is 0 Å². The third kappa shape index (κ3) is 5.81. The number of benzene rings is 1. The lowest BCUT2D eigenvalue weighted by atomic mass is 9.91. The molecule has 0 aromatic heterocycles. The van der Waals surface area contributed by atoms with Gasteiger partial charge in [0.2, 0.25) is 0 Å². The number of fused-ring (bicyclic) bond motifs is 1. The number of ether oxygens (including phenoxy) is 2. The number of hydrogen-bond acceptors (Lipinski definition) is 4. The molecule has 0 radical (unpaired) electrons. The Hall–Kier alpha value is -2.23. The molecular weight excluding hydrogens is 290 g/mol. The van der Waals surface area contributed by atoms with E-state index in [1.54, 1.807) is 6.92 Å². The zero-order chi connectivity index (χ0) is 17.5. The number of hydrogen-bond donors (Lipinski definition) is 1. The smallest absolute Gasteiger partial charge is 0.330 e. The highest BCUT2D eigenvalue weighted by atomic mass is 16.5. The van der Waals surface area contributed by atoms with Gasteiger partial charge in [-0.1, -0.05) is 12.7 Å². The second kappa shape index (κ2) is 8.42. The summed E-state index contributed by atoms with van der Waals surface area (Å²) in [6.07, 6.45) is 3.40.